The number of hydrogen-bond acceptors (Lipinski definition) is 6. The van der Waals surface area contributed by atoms with Crippen molar-refractivity contribution in [1.29, 1.82) is 0 Å². The van der Waals surface area contributed by atoms with Crippen LogP contribution in [-0.4, -0.2) is 62.7 Å². The smallest absolute Gasteiger partial charge is 0.265 e. The predicted octanol–water partition coefficient (Wildman–Crippen LogP) is 2.76. The second kappa shape index (κ2) is 8.86. The lowest BCUT2D eigenvalue weighted by Gasteiger charge is -2.32. The van der Waals surface area contributed by atoms with Crippen LogP contribution in [0.25, 0.3) is 0 Å². The number of rotatable bonds is 2. The number of nitrogens with zero attached hydrogens (tertiary/aromatic N) is 2. The van der Waals surface area contributed by atoms with Gasteiger partial charge in [0.05, 0.1) is 25.0 Å². The van der Waals surface area contributed by atoms with E-state index in [1.54, 1.807) is 11.2 Å². The minimum atomic E-state index is -3.70. The molecule has 6 rings (SSSR count). The van der Waals surface area contributed by atoms with Crippen LogP contribution in [0.5, 0.6) is 5.75 Å². The van der Waals surface area contributed by atoms with Crippen molar-refractivity contribution in [2.24, 2.45) is 4.40 Å². The molecule has 0 radical (unpaired) electrons. The van der Waals surface area contributed by atoms with Crippen LogP contribution >= 0.6 is 0 Å². The predicted molar refractivity (Wildman–Crippen MR) is 118 cm³/mol. The summed E-state index contributed by atoms with van der Waals surface area (Å²) >= 11 is 0. The van der Waals surface area contributed by atoms with Crippen molar-refractivity contribution in [2.75, 3.05) is 26.4 Å². The van der Waals surface area contributed by atoms with Crippen LogP contribution in [0.4, 0.5) is 0 Å². The highest BCUT2D eigenvalue weighted by molar-refractivity contribution is 7.91. The van der Waals surface area contributed by atoms with Gasteiger partial charge in [-0.25, -0.2) is 8.42 Å². The molecule has 0 aromatic heterocycles. The van der Waals surface area contributed by atoms with Gasteiger partial charge in [0.1, 0.15) is 23.0 Å². The highest BCUT2D eigenvalue weighted by atomic mass is 32.2. The molecule has 0 spiro atoms. The molecule has 32 heavy (non-hydrogen) atoms. The number of sulfonamides is 1. The summed E-state index contributed by atoms with van der Waals surface area (Å²) in [4.78, 5) is 14.7. The molecule has 2 saturated heterocycles. The van der Waals surface area contributed by atoms with Crippen molar-refractivity contribution in [3.63, 3.8) is 0 Å². The molecule has 172 valence electrons. The van der Waals surface area contributed by atoms with Crippen molar-refractivity contribution >= 4 is 21.6 Å². The monoisotopic (exact) mass is 460 g/mol. The molecule has 8 nitrogen and oxygen atoms in total. The number of fused-ring (bicyclic) bond motifs is 5. The number of carbonyl (C=O) groups is 1. The number of amides is 1. The molecule has 5 aliphatic rings. The molecule has 3 fully saturated rings. The number of carbonyl (C=O) groups excluding carboxylic acids is 1. The van der Waals surface area contributed by atoms with Gasteiger partial charge in [-0.1, -0.05) is 18.2 Å². The summed E-state index contributed by atoms with van der Waals surface area (Å²) in [6.07, 6.45) is 6.42. The van der Waals surface area contributed by atoms with Crippen LogP contribution < -0.4 is 4.74 Å². The molecule has 9 heteroatoms. The van der Waals surface area contributed by atoms with E-state index in [4.69, 9.17) is 14.2 Å². The average molecular weight is 461 g/mol. The quantitative estimate of drug-likeness (QED) is 0.674. The van der Waals surface area contributed by atoms with Gasteiger partial charge in [-0.05, 0) is 56.1 Å². The minimum absolute atomic E-state index is 0.0318. The lowest BCUT2D eigenvalue weighted by atomic mass is 9.82. The zero-order valence-corrected chi connectivity index (χ0v) is 18.8. The fourth-order valence-corrected chi connectivity index (χ4v) is 5.92. The van der Waals surface area contributed by atoms with E-state index in [0.29, 0.717) is 36.7 Å². The van der Waals surface area contributed by atoms with Crippen molar-refractivity contribution < 1.29 is 27.4 Å². The summed E-state index contributed by atoms with van der Waals surface area (Å²) in [7, 11) is -3.70. The molecule has 2 bridgehead atoms. The van der Waals surface area contributed by atoms with Gasteiger partial charge in [0.2, 0.25) is 0 Å². The van der Waals surface area contributed by atoms with Gasteiger partial charge in [-0.2, -0.15) is 4.40 Å². The van der Waals surface area contributed by atoms with Gasteiger partial charge < -0.3 is 19.1 Å². The second-order valence-electron chi connectivity index (χ2n) is 8.80. The van der Waals surface area contributed by atoms with Crippen LogP contribution in [0.1, 0.15) is 50.0 Å². The minimum Gasteiger partial charge on any atom is -0.496 e. The summed E-state index contributed by atoms with van der Waals surface area (Å²) in [5, 5.41) is -0.618. The number of benzene rings is 1. The molecule has 1 aromatic carbocycles. The fraction of sp³-hybridized carbons (Fsp3) is 0.565. The number of ether oxygens (including phenoxy) is 3. The van der Waals surface area contributed by atoms with Crippen LogP contribution in [0, 0.1) is 0 Å². The molecular formula is C23H28N2O6S. The Morgan fingerprint density at radius 2 is 1.84 bits per heavy atom. The summed E-state index contributed by atoms with van der Waals surface area (Å²) in [6.45, 7) is 0.667. The highest BCUT2D eigenvalue weighted by Crippen LogP contribution is 2.39. The lowest BCUT2D eigenvalue weighted by Crippen LogP contribution is -2.43. The van der Waals surface area contributed by atoms with Crippen molar-refractivity contribution in [3.8, 4) is 5.75 Å². The number of para-hydroxylation sites is 1. The van der Waals surface area contributed by atoms with Crippen molar-refractivity contribution in [3.05, 3.63) is 41.8 Å². The van der Waals surface area contributed by atoms with Crippen molar-refractivity contribution in [2.45, 2.75) is 55.8 Å². The number of hydrogen-bond donors (Lipinski definition) is 0. The van der Waals surface area contributed by atoms with E-state index in [2.05, 4.69) is 10.5 Å². The third-order valence-corrected chi connectivity index (χ3v) is 8.29. The zero-order chi connectivity index (χ0) is 22.1. The molecule has 4 aliphatic heterocycles. The van der Waals surface area contributed by atoms with E-state index in [9.17, 15) is 13.2 Å². The highest BCUT2D eigenvalue weighted by Gasteiger charge is 2.35. The first kappa shape index (κ1) is 21.5. The molecule has 0 N–H and O–H groups in total. The van der Waals surface area contributed by atoms with Gasteiger partial charge in [0.25, 0.3) is 15.9 Å². The molecule has 1 aliphatic carbocycles. The summed E-state index contributed by atoms with van der Waals surface area (Å²) < 4.78 is 46.5. The topological polar surface area (TPSA) is 94.5 Å². The Kier molecular flexibility index (Phi) is 5.94. The molecule has 0 unspecified atom stereocenters. The molecule has 1 saturated carbocycles. The largest absolute Gasteiger partial charge is 0.496 e. The first-order valence-corrected chi connectivity index (χ1v) is 12.8. The second-order valence-corrected chi connectivity index (χ2v) is 10.7. The number of allylic oxidation sites excluding steroid dienone is 1. The standard InChI is InChI=1S/C23H28N2O6S/c26-23-15-31-22-6-2-1-4-19(22)16-7-9-17(10-8-16)30-14-21-20(5-3-11-25(21)23)24-32(27,28)18-12-29-13-18/h1-2,4,6,14,16-18H,3,5,7-13,15H2/b21-14-,24-20+. The Balaban J connectivity index is 1.48. The SMILES string of the molecule is O=C1COc2ccccc2C2CCC(CC2)O/C=C2/C(=N/S(=O)(=O)C3COC3)CCCN12. The van der Waals surface area contributed by atoms with E-state index >= 15 is 0 Å². The van der Waals surface area contributed by atoms with Crippen LogP contribution in [0.2, 0.25) is 0 Å². The first-order chi connectivity index (χ1) is 15.5. The molecule has 0 atom stereocenters. The van der Waals surface area contributed by atoms with Crippen LogP contribution in [0.15, 0.2) is 40.6 Å². The number of piperidine rings is 1. The van der Waals surface area contributed by atoms with E-state index in [1.165, 1.54) is 0 Å². The summed E-state index contributed by atoms with van der Waals surface area (Å²) in [5.41, 5.74) is 1.95. The fourth-order valence-electron chi connectivity index (χ4n) is 4.74. The molecule has 4 heterocycles. The Labute approximate surface area is 188 Å². The van der Waals surface area contributed by atoms with E-state index in [1.807, 2.05) is 18.2 Å². The first-order valence-electron chi connectivity index (χ1n) is 11.3. The summed E-state index contributed by atoms with van der Waals surface area (Å²) in [5.74, 6) is 0.885. The van der Waals surface area contributed by atoms with E-state index in [0.717, 1.165) is 37.0 Å². The van der Waals surface area contributed by atoms with Gasteiger partial charge >= 0.3 is 0 Å². The third-order valence-electron chi connectivity index (χ3n) is 6.71. The Morgan fingerprint density at radius 3 is 2.59 bits per heavy atom. The van der Waals surface area contributed by atoms with E-state index < -0.39 is 15.3 Å². The normalized spacial score (nSPS) is 29.8. The van der Waals surface area contributed by atoms with Gasteiger partial charge in [-0.3, -0.25) is 4.79 Å². The Morgan fingerprint density at radius 1 is 1.06 bits per heavy atom. The maximum absolute atomic E-state index is 13.1. The van der Waals surface area contributed by atoms with Gasteiger partial charge in [0, 0.05) is 6.54 Å². The average Bonchev–Trinajstić information content (AvgIpc) is 2.76. The summed E-state index contributed by atoms with van der Waals surface area (Å²) in [6, 6.07) is 7.92. The van der Waals surface area contributed by atoms with Gasteiger partial charge in [0.15, 0.2) is 6.61 Å². The molecule has 1 aromatic rings. The Bertz CT molecular complexity index is 1040. The maximum atomic E-state index is 13.1. The molecular weight excluding hydrogens is 432 g/mol. The van der Waals surface area contributed by atoms with Gasteiger partial charge in [-0.15, -0.1) is 0 Å². The molecule has 1 amide bonds. The van der Waals surface area contributed by atoms with Crippen molar-refractivity contribution in [1.82, 2.24) is 4.90 Å². The van der Waals surface area contributed by atoms with Crippen LogP contribution in [0.3, 0.4) is 0 Å². The third kappa shape index (κ3) is 4.28. The van der Waals surface area contributed by atoms with Crippen LogP contribution in [-0.2, 0) is 24.3 Å². The lowest BCUT2D eigenvalue weighted by molar-refractivity contribution is -0.131. The Hall–Kier alpha value is -2.39. The maximum Gasteiger partial charge on any atom is 0.265 e. The van der Waals surface area contributed by atoms with E-state index in [-0.39, 0.29) is 31.8 Å². The zero-order valence-electron chi connectivity index (χ0n) is 17.9.